The molecule has 0 saturated heterocycles. The van der Waals surface area contributed by atoms with Crippen molar-refractivity contribution in [1.82, 2.24) is 9.80 Å². The van der Waals surface area contributed by atoms with E-state index in [1.54, 1.807) is 0 Å². The molecule has 0 atom stereocenters. The molecule has 0 aromatic carbocycles. The van der Waals surface area contributed by atoms with Crippen LogP contribution in [-0.4, -0.2) is 77.1 Å². The van der Waals surface area contributed by atoms with Crippen LogP contribution in [0.4, 0.5) is 0 Å². The molecule has 0 bridgehead atoms. The molecule has 8 heteroatoms. The fraction of sp³-hybridized carbons (Fsp3) is 0.923. The quantitative estimate of drug-likeness (QED) is 0.258. The van der Waals surface area contributed by atoms with Gasteiger partial charge in [-0.2, -0.15) is 0 Å². The van der Waals surface area contributed by atoms with Crippen LogP contribution in [0.5, 0.6) is 0 Å². The summed E-state index contributed by atoms with van der Waals surface area (Å²) in [5.41, 5.74) is 0. The van der Waals surface area contributed by atoms with Crippen LogP contribution in [0, 0.1) is 0 Å². The van der Waals surface area contributed by atoms with Gasteiger partial charge in [-0.1, -0.05) is 0 Å². The molecule has 0 fully saturated rings. The van der Waals surface area contributed by atoms with Crippen LogP contribution in [-0.2, 0) is 10.4 Å². The predicted molar refractivity (Wildman–Crippen MR) is 84.5 cm³/mol. The number of rotatable bonds is 6. The highest BCUT2D eigenvalue weighted by Crippen LogP contribution is 2.00. The topological polar surface area (TPSA) is 86.9 Å². The van der Waals surface area contributed by atoms with Crippen molar-refractivity contribution in [2.75, 3.05) is 39.3 Å². The Morgan fingerprint density at radius 2 is 1.14 bits per heavy atom. The number of guanidine groups is 1. The van der Waals surface area contributed by atoms with Gasteiger partial charge in [0.25, 0.3) is 0 Å². The molecule has 0 amide bonds. The molecular weight excluding hydrogens is 294 g/mol. The highest BCUT2D eigenvalue weighted by molar-refractivity contribution is 7.79. The standard InChI is InChI=1S/C13H30N3.H2O4S/c1-7-14(8-2)13(15(9-3)10-4)16(11-5)12-6;1-5(2,3)4/h7-12H2,1-6H3;(H2,1,2,3,4)/q+1;/p-1. The fourth-order valence-corrected chi connectivity index (χ4v) is 2.12. The van der Waals surface area contributed by atoms with Crippen LogP contribution in [0.15, 0.2) is 0 Å². The molecule has 7 nitrogen and oxygen atoms in total. The van der Waals surface area contributed by atoms with Gasteiger partial charge in [0.05, 0.1) is 39.3 Å². The maximum absolute atomic E-state index is 8.63. The zero-order valence-corrected chi connectivity index (χ0v) is 15.0. The zero-order valence-electron chi connectivity index (χ0n) is 14.2. The van der Waals surface area contributed by atoms with Gasteiger partial charge in [-0.15, -0.1) is 0 Å². The van der Waals surface area contributed by atoms with E-state index >= 15 is 0 Å². The minimum Gasteiger partial charge on any atom is -0.726 e. The molecule has 21 heavy (non-hydrogen) atoms. The first-order valence-corrected chi connectivity index (χ1v) is 8.86. The molecule has 0 aromatic heterocycles. The molecule has 0 radical (unpaired) electrons. The smallest absolute Gasteiger partial charge is 0.350 e. The molecule has 128 valence electrons. The van der Waals surface area contributed by atoms with Crippen molar-refractivity contribution in [3.63, 3.8) is 0 Å². The van der Waals surface area contributed by atoms with E-state index in [2.05, 4.69) is 55.9 Å². The van der Waals surface area contributed by atoms with Gasteiger partial charge in [-0.25, -0.2) is 8.42 Å². The van der Waals surface area contributed by atoms with E-state index in [0.29, 0.717) is 0 Å². The number of nitrogens with zero attached hydrogens (tertiary/aromatic N) is 3. The minimum absolute atomic E-state index is 1.08. The Morgan fingerprint density at radius 3 is 1.29 bits per heavy atom. The summed E-state index contributed by atoms with van der Waals surface area (Å²) in [6, 6.07) is 0. The predicted octanol–water partition coefficient (Wildman–Crippen LogP) is 1.08. The SMILES string of the molecule is CCN(CC)C(N(CC)CC)=[N+](CC)CC.O=S(=O)([O-])O. The normalized spacial score (nSPS) is 10.5. The van der Waals surface area contributed by atoms with E-state index in [0.717, 1.165) is 39.3 Å². The van der Waals surface area contributed by atoms with Gasteiger partial charge in [-0.3, -0.25) is 18.9 Å². The average Bonchev–Trinajstić information content (AvgIpc) is 2.40. The van der Waals surface area contributed by atoms with E-state index < -0.39 is 10.4 Å². The second-order valence-corrected chi connectivity index (χ2v) is 5.10. The summed E-state index contributed by atoms with van der Waals surface area (Å²) in [5, 5.41) is 0. The summed E-state index contributed by atoms with van der Waals surface area (Å²) >= 11 is 0. The van der Waals surface area contributed by atoms with Crippen molar-refractivity contribution in [2.45, 2.75) is 41.5 Å². The molecule has 0 unspecified atom stereocenters. The van der Waals surface area contributed by atoms with Crippen LogP contribution in [0.25, 0.3) is 0 Å². The highest BCUT2D eigenvalue weighted by Gasteiger charge is 2.24. The lowest BCUT2D eigenvalue weighted by atomic mass is 10.4. The van der Waals surface area contributed by atoms with Crippen LogP contribution in [0.1, 0.15) is 41.5 Å². The van der Waals surface area contributed by atoms with Gasteiger partial charge >= 0.3 is 5.96 Å². The molecular formula is C13H31N3O4S. The summed E-state index contributed by atoms with van der Waals surface area (Å²) in [7, 11) is -4.92. The molecule has 0 aliphatic carbocycles. The lowest BCUT2D eigenvalue weighted by Crippen LogP contribution is -2.49. The summed E-state index contributed by atoms with van der Waals surface area (Å²) in [6.07, 6.45) is 0. The Bertz CT molecular complexity index is 360. The third-order valence-corrected chi connectivity index (χ3v) is 3.14. The Morgan fingerprint density at radius 1 is 0.905 bits per heavy atom. The summed E-state index contributed by atoms with van der Waals surface area (Å²) < 4.78 is 35.3. The molecule has 0 spiro atoms. The molecule has 0 heterocycles. The second kappa shape index (κ2) is 11.8. The van der Waals surface area contributed by atoms with Crippen molar-refractivity contribution >= 4 is 16.4 Å². The third kappa shape index (κ3) is 10.5. The van der Waals surface area contributed by atoms with Crippen molar-refractivity contribution in [3.05, 3.63) is 0 Å². The van der Waals surface area contributed by atoms with Crippen LogP contribution in [0.3, 0.4) is 0 Å². The van der Waals surface area contributed by atoms with Gasteiger partial charge in [-0.05, 0) is 41.5 Å². The monoisotopic (exact) mass is 325 g/mol. The van der Waals surface area contributed by atoms with Gasteiger partial charge in [0.15, 0.2) is 0 Å². The van der Waals surface area contributed by atoms with E-state index in [4.69, 9.17) is 17.5 Å². The van der Waals surface area contributed by atoms with Crippen molar-refractivity contribution in [2.24, 2.45) is 0 Å². The Labute approximate surface area is 129 Å². The maximum Gasteiger partial charge on any atom is 0.350 e. The summed E-state index contributed by atoms with van der Waals surface area (Å²) in [4.78, 5) is 4.92. The van der Waals surface area contributed by atoms with Gasteiger partial charge in [0.2, 0.25) is 10.4 Å². The van der Waals surface area contributed by atoms with Gasteiger partial charge in [0, 0.05) is 0 Å². The molecule has 0 aliphatic rings. The van der Waals surface area contributed by atoms with Crippen LogP contribution in [0.2, 0.25) is 0 Å². The molecule has 0 aromatic rings. The first-order chi connectivity index (χ1) is 9.69. The van der Waals surface area contributed by atoms with E-state index in [9.17, 15) is 0 Å². The lowest BCUT2D eigenvalue weighted by molar-refractivity contribution is -0.531. The molecule has 0 saturated carbocycles. The van der Waals surface area contributed by atoms with E-state index in [-0.39, 0.29) is 0 Å². The third-order valence-electron chi connectivity index (χ3n) is 3.14. The fourth-order valence-electron chi connectivity index (χ4n) is 2.12. The van der Waals surface area contributed by atoms with E-state index in [1.807, 2.05) is 0 Å². The Balaban J connectivity index is 0. The summed E-state index contributed by atoms with van der Waals surface area (Å²) in [5.74, 6) is 1.40. The second-order valence-electron chi connectivity index (χ2n) is 4.24. The van der Waals surface area contributed by atoms with Crippen LogP contribution >= 0.6 is 0 Å². The average molecular weight is 325 g/mol. The number of hydrogen-bond donors (Lipinski definition) is 1. The van der Waals surface area contributed by atoms with E-state index in [1.165, 1.54) is 5.96 Å². The first-order valence-electron chi connectivity index (χ1n) is 7.49. The zero-order chi connectivity index (χ0) is 17.1. The summed E-state index contributed by atoms with van der Waals surface area (Å²) in [6.45, 7) is 19.9. The molecule has 0 rings (SSSR count). The molecule has 1 N–H and O–H groups in total. The Kier molecular flexibility index (Phi) is 12.6. The van der Waals surface area contributed by atoms with Crippen molar-refractivity contribution in [3.8, 4) is 0 Å². The Hall–Kier alpha value is -0.860. The largest absolute Gasteiger partial charge is 0.726 e. The van der Waals surface area contributed by atoms with Crippen molar-refractivity contribution in [1.29, 1.82) is 0 Å². The highest BCUT2D eigenvalue weighted by atomic mass is 32.3. The van der Waals surface area contributed by atoms with Crippen LogP contribution < -0.4 is 0 Å². The maximum atomic E-state index is 8.63. The van der Waals surface area contributed by atoms with Gasteiger partial charge < -0.3 is 4.55 Å². The number of hydrogen-bond acceptors (Lipinski definition) is 3. The minimum atomic E-state index is -4.92. The van der Waals surface area contributed by atoms with Gasteiger partial charge in [0.1, 0.15) is 0 Å². The van der Waals surface area contributed by atoms with Crippen molar-refractivity contribution < 1.29 is 22.1 Å². The molecule has 0 aliphatic heterocycles. The first kappa shape index (κ1) is 22.4. The lowest BCUT2D eigenvalue weighted by Gasteiger charge is -2.27.